The molecule has 0 spiro atoms. The fourth-order valence-corrected chi connectivity index (χ4v) is 1.51. The molecule has 15 heavy (non-hydrogen) atoms. The van der Waals surface area contributed by atoms with Gasteiger partial charge in [0.2, 0.25) is 10.0 Å². The zero-order valence-electron chi connectivity index (χ0n) is 8.25. The minimum Gasteiger partial charge on any atom is -0.491 e. The highest BCUT2D eigenvalue weighted by atomic mass is 32.2. The summed E-state index contributed by atoms with van der Waals surface area (Å²) in [6.07, 6.45) is -0.608. The van der Waals surface area contributed by atoms with Crippen molar-refractivity contribution in [2.75, 3.05) is 6.61 Å². The van der Waals surface area contributed by atoms with Crippen molar-refractivity contribution in [1.29, 1.82) is 0 Å². The van der Waals surface area contributed by atoms with Crippen LogP contribution in [0.25, 0.3) is 0 Å². The van der Waals surface area contributed by atoms with Crippen molar-refractivity contribution >= 4 is 10.0 Å². The smallest absolute Gasteiger partial charge is 0.238 e. The van der Waals surface area contributed by atoms with E-state index in [1.807, 2.05) is 0 Å². The first-order chi connectivity index (χ1) is 6.89. The lowest BCUT2D eigenvalue weighted by atomic mass is 10.3. The van der Waals surface area contributed by atoms with Crippen LogP contribution in [0, 0.1) is 0 Å². The van der Waals surface area contributed by atoms with Gasteiger partial charge in [-0.2, -0.15) is 0 Å². The molecule has 0 saturated carbocycles. The van der Waals surface area contributed by atoms with Crippen LogP contribution < -0.4 is 9.88 Å². The third-order valence-corrected chi connectivity index (χ3v) is 2.54. The maximum absolute atomic E-state index is 11.0. The van der Waals surface area contributed by atoms with Gasteiger partial charge in [0, 0.05) is 6.07 Å². The third kappa shape index (κ3) is 3.86. The highest BCUT2D eigenvalue weighted by Gasteiger charge is 2.08. The van der Waals surface area contributed by atoms with E-state index in [9.17, 15) is 8.42 Å². The van der Waals surface area contributed by atoms with Gasteiger partial charge in [-0.15, -0.1) is 0 Å². The molecule has 1 aromatic rings. The molecule has 84 valence electrons. The molecule has 0 saturated heterocycles. The Labute approximate surface area is 88.5 Å². The van der Waals surface area contributed by atoms with Gasteiger partial charge in [0.05, 0.1) is 11.0 Å². The number of benzene rings is 1. The number of hydrogen-bond donors (Lipinski definition) is 2. The van der Waals surface area contributed by atoms with Crippen LogP contribution in [0.5, 0.6) is 5.75 Å². The van der Waals surface area contributed by atoms with E-state index < -0.39 is 16.1 Å². The number of rotatable bonds is 4. The van der Waals surface area contributed by atoms with E-state index >= 15 is 0 Å². The van der Waals surface area contributed by atoms with Gasteiger partial charge in [-0.25, -0.2) is 13.6 Å². The molecule has 6 heteroatoms. The highest BCUT2D eigenvalue weighted by Crippen LogP contribution is 2.16. The Morgan fingerprint density at radius 1 is 1.53 bits per heavy atom. The zero-order valence-corrected chi connectivity index (χ0v) is 9.07. The van der Waals surface area contributed by atoms with Gasteiger partial charge in [0.25, 0.3) is 0 Å². The molecule has 1 atom stereocenters. The molecular weight excluding hydrogens is 218 g/mol. The molecule has 3 N–H and O–H groups in total. The maximum atomic E-state index is 11.0. The minimum atomic E-state index is -3.71. The lowest BCUT2D eigenvalue weighted by Gasteiger charge is -2.08. The number of aliphatic hydroxyl groups is 1. The van der Waals surface area contributed by atoms with E-state index in [2.05, 4.69) is 0 Å². The minimum absolute atomic E-state index is 0.00871. The van der Waals surface area contributed by atoms with E-state index in [1.54, 1.807) is 13.0 Å². The van der Waals surface area contributed by atoms with Crippen LogP contribution in [0.2, 0.25) is 0 Å². The Hall–Kier alpha value is -1.11. The average Bonchev–Trinajstić information content (AvgIpc) is 2.14. The molecule has 1 rings (SSSR count). The van der Waals surface area contributed by atoms with Crippen LogP contribution in [0.3, 0.4) is 0 Å². The summed E-state index contributed by atoms with van der Waals surface area (Å²) >= 11 is 0. The molecule has 0 aromatic heterocycles. The molecule has 1 aromatic carbocycles. The second kappa shape index (κ2) is 4.61. The van der Waals surface area contributed by atoms with Crippen LogP contribution in [0.15, 0.2) is 29.2 Å². The number of primary sulfonamides is 1. The molecule has 0 bridgehead atoms. The van der Waals surface area contributed by atoms with Crippen molar-refractivity contribution in [3.63, 3.8) is 0 Å². The maximum Gasteiger partial charge on any atom is 0.238 e. The van der Waals surface area contributed by atoms with Crippen molar-refractivity contribution in [2.45, 2.75) is 17.9 Å². The van der Waals surface area contributed by atoms with Gasteiger partial charge < -0.3 is 9.84 Å². The Morgan fingerprint density at radius 2 is 2.20 bits per heavy atom. The lowest BCUT2D eigenvalue weighted by molar-refractivity contribution is 0.122. The summed E-state index contributed by atoms with van der Waals surface area (Å²) in [4.78, 5) is -0.00871. The fourth-order valence-electron chi connectivity index (χ4n) is 0.958. The Bertz CT molecular complexity index is 427. The largest absolute Gasteiger partial charge is 0.491 e. The summed E-state index contributed by atoms with van der Waals surface area (Å²) in [5.41, 5.74) is 0. The quantitative estimate of drug-likeness (QED) is 0.768. The van der Waals surface area contributed by atoms with E-state index in [4.69, 9.17) is 15.0 Å². The van der Waals surface area contributed by atoms with Crippen molar-refractivity contribution in [3.05, 3.63) is 24.3 Å². The molecule has 0 aliphatic carbocycles. The summed E-state index contributed by atoms with van der Waals surface area (Å²) in [6, 6.07) is 5.82. The predicted octanol–water partition coefficient (Wildman–Crippen LogP) is 0.0936. The number of hydrogen-bond acceptors (Lipinski definition) is 4. The fraction of sp³-hybridized carbons (Fsp3) is 0.333. The Balaban J connectivity index is 2.84. The normalized spacial score (nSPS) is 13.5. The van der Waals surface area contributed by atoms with Gasteiger partial charge in [-0.1, -0.05) is 6.07 Å². The van der Waals surface area contributed by atoms with Gasteiger partial charge in [0.15, 0.2) is 0 Å². The van der Waals surface area contributed by atoms with E-state index in [0.29, 0.717) is 5.75 Å². The first kappa shape index (κ1) is 12.0. The van der Waals surface area contributed by atoms with E-state index in [-0.39, 0.29) is 11.5 Å². The van der Waals surface area contributed by atoms with E-state index in [1.165, 1.54) is 18.2 Å². The van der Waals surface area contributed by atoms with Crippen molar-refractivity contribution in [1.82, 2.24) is 0 Å². The summed E-state index contributed by atoms with van der Waals surface area (Å²) in [5, 5.41) is 13.9. The molecule has 0 aliphatic heterocycles. The van der Waals surface area contributed by atoms with Crippen LogP contribution in [0.1, 0.15) is 6.92 Å². The molecule has 0 unspecified atom stereocenters. The molecule has 0 heterocycles. The second-order valence-electron chi connectivity index (χ2n) is 3.18. The molecule has 0 radical (unpaired) electrons. The SMILES string of the molecule is C[C@H](O)COc1cccc(S(N)(=O)=O)c1. The molecule has 0 amide bonds. The standard InChI is InChI=1S/C9H13NO4S/c1-7(11)6-14-8-3-2-4-9(5-8)15(10,12)13/h2-5,7,11H,6H2,1H3,(H2,10,12,13)/t7-/m0/s1. The first-order valence-electron chi connectivity index (χ1n) is 4.33. The number of aliphatic hydroxyl groups excluding tert-OH is 1. The molecule has 0 aliphatic rings. The average molecular weight is 231 g/mol. The van der Waals surface area contributed by atoms with E-state index in [0.717, 1.165) is 0 Å². The molecule has 5 nitrogen and oxygen atoms in total. The van der Waals surface area contributed by atoms with Crippen molar-refractivity contribution in [2.24, 2.45) is 5.14 Å². The van der Waals surface area contributed by atoms with Gasteiger partial charge in [-0.05, 0) is 19.1 Å². The topological polar surface area (TPSA) is 89.6 Å². The van der Waals surface area contributed by atoms with Crippen LogP contribution in [0.4, 0.5) is 0 Å². The summed E-state index contributed by atoms with van der Waals surface area (Å²) in [6.45, 7) is 1.68. The predicted molar refractivity (Wildman–Crippen MR) is 55.0 cm³/mol. The highest BCUT2D eigenvalue weighted by molar-refractivity contribution is 7.89. The summed E-state index contributed by atoms with van der Waals surface area (Å²) in [5.74, 6) is 0.363. The third-order valence-electron chi connectivity index (χ3n) is 1.63. The Kier molecular flexibility index (Phi) is 3.67. The second-order valence-corrected chi connectivity index (χ2v) is 4.74. The van der Waals surface area contributed by atoms with Crippen molar-refractivity contribution in [3.8, 4) is 5.75 Å². The summed E-state index contributed by atoms with van der Waals surface area (Å²) < 4.78 is 27.1. The van der Waals surface area contributed by atoms with Crippen LogP contribution >= 0.6 is 0 Å². The van der Waals surface area contributed by atoms with Gasteiger partial charge >= 0.3 is 0 Å². The van der Waals surface area contributed by atoms with Crippen LogP contribution in [-0.4, -0.2) is 26.2 Å². The molecular formula is C9H13NO4S. The zero-order chi connectivity index (χ0) is 11.5. The van der Waals surface area contributed by atoms with Gasteiger partial charge in [0.1, 0.15) is 12.4 Å². The first-order valence-corrected chi connectivity index (χ1v) is 5.88. The van der Waals surface area contributed by atoms with Crippen molar-refractivity contribution < 1.29 is 18.3 Å². The van der Waals surface area contributed by atoms with Crippen LogP contribution in [-0.2, 0) is 10.0 Å². The molecule has 0 fully saturated rings. The lowest BCUT2D eigenvalue weighted by Crippen LogP contribution is -2.14. The summed E-state index contributed by atoms with van der Waals surface area (Å²) in [7, 11) is -3.71. The van der Waals surface area contributed by atoms with Gasteiger partial charge in [-0.3, -0.25) is 0 Å². The Morgan fingerprint density at radius 3 is 2.73 bits per heavy atom. The monoisotopic (exact) mass is 231 g/mol. The number of ether oxygens (including phenoxy) is 1. The number of nitrogens with two attached hydrogens (primary N) is 1. The number of sulfonamides is 1.